The molecular formula is C68H10-. The number of benzene rings is 18. The summed E-state index contributed by atoms with van der Waals surface area (Å²) in [4.78, 5) is 0. The third kappa shape index (κ3) is 1.60. The minimum atomic E-state index is 1.31. The lowest BCUT2D eigenvalue weighted by molar-refractivity contribution is 1.77. The standard InChI is InChI=1S/C68H10/c1-2-4-6-8-10-14-20-18-12-16-15-11-17-19-13(9-7-5-3-1)21-22(14)33-37-28(20)39-35-26(18)31-24(16)29-23(15)30-25(17)34-38-27(19)36-32(21)43(33)52-55-46(36)48(38)57-53-44(34)41(30)50-40(29)51-42(31)45(35)54-58-49(39)47(37)56(52)64-63(55)65(57)67-61(53)59(50)60(51)62(54)68(67)66(58)64/h1-10H/q-1. The van der Waals surface area contributed by atoms with Gasteiger partial charge in [-0.3, -0.25) is 0 Å². The van der Waals surface area contributed by atoms with Crippen LogP contribution in [0.2, 0.25) is 0 Å². The molecule has 0 heteroatoms. The molecule has 0 atom stereocenters. The Bertz CT molecular complexity index is 6860. The lowest BCUT2D eigenvalue weighted by Gasteiger charge is -2.19. The van der Waals surface area contributed by atoms with Crippen molar-refractivity contribution in [2.45, 2.75) is 0 Å². The minimum absolute atomic E-state index is 1.31. The SMILES string of the molecule is [c]1c2c3[c-]c4c5c6ccccccccccc7c8c1c1c9c2c2c3c3c4c4c%10c5c5c%11c6c7c6c7c8c8c1c1c9c9c2c2c3c4c3c4c%10c5c5c(c6%11)c6c7c8c7c1c1c9c2c3c2c4c5c6c7c12. The summed E-state index contributed by atoms with van der Waals surface area (Å²) in [5.41, 5.74) is 0. The van der Waals surface area contributed by atoms with Gasteiger partial charge in [0.1, 0.15) is 0 Å². The lowest BCUT2D eigenvalue weighted by Crippen LogP contribution is -1.87. The van der Waals surface area contributed by atoms with Crippen molar-refractivity contribution in [3.8, 4) is 0 Å². The van der Waals surface area contributed by atoms with Gasteiger partial charge in [-0.15, -0.1) is 16.8 Å². The Morgan fingerprint density at radius 1 is 0.176 bits per heavy atom. The van der Waals surface area contributed by atoms with Gasteiger partial charge in [-0.2, -0.15) is 0 Å². The summed E-state index contributed by atoms with van der Waals surface area (Å²) in [6, 6.07) is 32.2. The molecule has 0 unspecified atom stereocenters. The lowest BCUT2D eigenvalue weighted by atomic mass is 9.86. The zero-order valence-corrected chi connectivity index (χ0v) is 34.8. The molecule has 0 saturated carbocycles. The first-order valence-electron chi connectivity index (χ1n) is 24.8. The van der Waals surface area contributed by atoms with Crippen molar-refractivity contribution in [1.82, 2.24) is 0 Å². The summed E-state index contributed by atoms with van der Waals surface area (Å²) in [5, 5.41) is 86.1. The highest BCUT2D eigenvalue weighted by Gasteiger charge is 2.47. The summed E-state index contributed by atoms with van der Waals surface area (Å²) < 4.78 is 0. The highest BCUT2D eigenvalue weighted by molar-refractivity contribution is 6.82. The van der Waals surface area contributed by atoms with Crippen LogP contribution >= 0.6 is 0 Å². The number of hydrogen-bond donors (Lipinski definition) is 0. The van der Waals surface area contributed by atoms with Gasteiger partial charge >= 0.3 is 0 Å². The Balaban J connectivity index is 1.28. The molecule has 68 heavy (non-hydrogen) atoms. The Kier molecular flexibility index (Phi) is 2.51. The number of rotatable bonds is 0. The molecule has 0 fully saturated rings. The van der Waals surface area contributed by atoms with Crippen LogP contribution in [0.15, 0.2) is 60.7 Å². The van der Waals surface area contributed by atoms with Crippen LogP contribution in [-0.2, 0) is 0 Å². The van der Waals surface area contributed by atoms with E-state index >= 15 is 0 Å². The van der Waals surface area contributed by atoms with E-state index in [4.69, 9.17) is 0 Å². The Labute approximate surface area is 372 Å². The molecule has 1 radical (unpaired) electrons. The molecular weight excluding hydrogens is 817 g/mol. The van der Waals surface area contributed by atoms with Crippen LogP contribution in [0.1, 0.15) is 0 Å². The molecule has 0 heterocycles. The smallest absolute Gasteiger partial charge is 0.0000000000505 e. The molecule has 0 bridgehead atoms. The first-order chi connectivity index (χ1) is 33.9. The van der Waals surface area contributed by atoms with Crippen molar-refractivity contribution in [2.24, 2.45) is 0 Å². The summed E-state index contributed by atoms with van der Waals surface area (Å²) in [7, 11) is 0. The predicted molar refractivity (Wildman–Crippen MR) is 294 cm³/mol. The average molecular weight is 827 g/mol. The van der Waals surface area contributed by atoms with Gasteiger partial charge in [0, 0.05) is 0 Å². The minimum Gasteiger partial charge on any atom is -0.115 e. The zero-order valence-electron chi connectivity index (χ0n) is 34.8. The van der Waals surface area contributed by atoms with Gasteiger partial charge in [0.25, 0.3) is 0 Å². The van der Waals surface area contributed by atoms with E-state index in [2.05, 4.69) is 72.8 Å². The highest BCUT2D eigenvalue weighted by Crippen LogP contribution is 2.77. The maximum atomic E-state index is 4.55. The topological polar surface area (TPSA) is 0 Å². The third-order valence-corrected chi connectivity index (χ3v) is 22.1. The average Bonchev–Trinajstić information content (AvgIpc) is 4.26. The van der Waals surface area contributed by atoms with Gasteiger partial charge in [-0.1, -0.05) is 87.6 Å². The van der Waals surface area contributed by atoms with E-state index in [1.54, 1.807) is 189 Å². The molecule has 0 aliphatic rings. The van der Waals surface area contributed by atoms with E-state index in [1.807, 2.05) is 0 Å². The zero-order chi connectivity index (χ0) is 40.8. The maximum absolute atomic E-state index is 4.55. The quantitative estimate of drug-likeness (QED) is 0.106. The van der Waals surface area contributed by atoms with E-state index in [0.29, 0.717) is 0 Å². The second kappa shape index (κ2) is 6.49. The Morgan fingerprint density at radius 2 is 0.412 bits per heavy atom. The largest absolute Gasteiger partial charge is 0.115 e. The van der Waals surface area contributed by atoms with Crippen molar-refractivity contribution in [3.63, 3.8) is 0 Å². The van der Waals surface area contributed by atoms with E-state index in [0.717, 1.165) is 0 Å². The molecule has 0 spiro atoms. The second-order valence-electron chi connectivity index (χ2n) is 23.2. The van der Waals surface area contributed by atoms with Crippen molar-refractivity contribution in [2.75, 3.05) is 0 Å². The fourth-order valence-corrected chi connectivity index (χ4v) is 21.3. The van der Waals surface area contributed by atoms with Crippen molar-refractivity contribution in [3.05, 3.63) is 72.8 Å². The van der Waals surface area contributed by atoms with E-state index in [-0.39, 0.29) is 0 Å². The summed E-state index contributed by atoms with van der Waals surface area (Å²) in [5.74, 6) is 0. The molecule has 29 aromatic carbocycles. The molecule has 0 nitrogen and oxygen atoms in total. The molecule has 283 valence electrons. The number of fused-ring (bicyclic) bond motifs is 5. The van der Waals surface area contributed by atoms with E-state index in [1.165, 1.54) is 113 Å². The molecule has 0 saturated heterocycles. The molecule has 0 aromatic heterocycles. The molecule has 29 aromatic rings. The van der Waals surface area contributed by atoms with Crippen LogP contribution in [0.5, 0.6) is 0 Å². The number of hydrogen-bond acceptors (Lipinski definition) is 0. The first-order valence-corrected chi connectivity index (χ1v) is 24.8. The van der Waals surface area contributed by atoms with Crippen LogP contribution in [0, 0.1) is 12.1 Å². The summed E-state index contributed by atoms with van der Waals surface area (Å²) in [6.45, 7) is 0. The molecule has 0 amide bonds. The first kappa shape index (κ1) is 26.3. The van der Waals surface area contributed by atoms with Crippen LogP contribution in [0.4, 0.5) is 0 Å². The molecule has 29 rings (SSSR count). The summed E-state index contributed by atoms with van der Waals surface area (Å²) in [6.07, 6.45) is 0. The van der Waals surface area contributed by atoms with Gasteiger partial charge in [-0.05, 0) is 270 Å². The third-order valence-electron chi connectivity index (χ3n) is 22.1. The van der Waals surface area contributed by atoms with Crippen molar-refractivity contribution in [1.29, 1.82) is 0 Å². The van der Waals surface area contributed by atoms with Gasteiger partial charge in [0.2, 0.25) is 0 Å². The monoisotopic (exact) mass is 826 g/mol. The van der Waals surface area contributed by atoms with Crippen LogP contribution in [-0.4, -0.2) is 0 Å². The van der Waals surface area contributed by atoms with Gasteiger partial charge in [0.05, 0.1) is 0 Å². The maximum Gasteiger partial charge on any atom is -0.0000000000505 e. The highest BCUT2D eigenvalue weighted by atomic mass is 14.5. The van der Waals surface area contributed by atoms with Gasteiger partial charge < -0.3 is 0 Å². The second-order valence-corrected chi connectivity index (χ2v) is 23.2. The fourth-order valence-electron chi connectivity index (χ4n) is 21.3. The van der Waals surface area contributed by atoms with Crippen molar-refractivity contribution < 1.29 is 0 Å². The van der Waals surface area contributed by atoms with Crippen molar-refractivity contribution >= 4 is 302 Å². The normalized spacial score (nSPS) is 16.2. The molecule has 0 aliphatic heterocycles. The Morgan fingerprint density at radius 3 is 0.824 bits per heavy atom. The van der Waals surface area contributed by atoms with Crippen LogP contribution < -0.4 is 0 Å². The fraction of sp³-hybridized carbons (Fsp3) is 0. The molecule has 0 aliphatic carbocycles. The van der Waals surface area contributed by atoms with Gasteiger partial charge in [0.15, 0.2) is 0 Å². The van der Waals surface area contributed by atoms with Crippen LogP contribution in [0.25, 0.3) is 302 Å². The van der Waals surface area contributed by atoms with E-state index < -0.39 is 0 Å². The van der Waals surface area contributed by atoms with Crippen LogP contribution in [0.3, 0.4) is 0 Å². The van der Waals surface area contributed by atoms with E-state index in [9.17, 15) is 0 Å². The predicted octanol–water partition coefficient (Wildman–Crippen LogP) is 19.5. The van der Waals surface area contributed by atoms with Gasteiger partial charge in [-0.25, -0.2) is 0 Å². The Hall–Kier alpha value is -8.84. The molecule has 0 N–H and O–H groups in total. The summed E-state index contributed by atoms with van der Waals surface area (Å²) >= 11 is 0.